The Bertz CT molecular complexity index is 861. The Hall–Kier alpha value is -2.31. The molecule has 0 aliphatic rings. The third kappa shape index (κ3) is 4.21. The smallest absolute Gasteiger partial charge is 0.261 e. The van der Waals surface area contributed by atoms with E-state index in [1.54, 1.807) is 25.3 Å². The van der Waals surface area contributed by atoms with Crippen LogP contribution in [0.2, 0.25) is 5.02 Å². The van der Waals surface area contributed by atoms with E-state index < -0.39 is 6.10 Å². The van der Waals surface area contributed by atoms with Gasteiger partial charge in [0.25, 0.3) is 5.91 Å². The molecule has 0 fully saturated rings. The Balaban J connectivity index is 1.60. The molecule has 0 saturated carbocycles. The van der Waals surface area contributed by atoms with E-state index in [9.17, 15) is 4.79 Å². The number of hydrogen-bond acceptors (Lipinski definition) is 5. The van der Waals surface area contributed by atoms with Crippen LogP contribution in [0.25, 0.3) is 10.8 Å². The summed E-state index contributed by atoms with van der Waals surface area (Å²) in [4.78, 5) is 17.7. The van der Waals surface area contributed by atoms with Crippen molar-refractivity contribution in [3.63, 3.8) is 0 Å². The zero-order chi connectivity index (χ0) is 17.8. The van der Waals surface area contributed by atoms with E-state index in [0.29, 0.717) is 17.3 Å². The van der Waals surface area contributed by atoms with E-state index >= 15 is 0 Å². The van der Waals surface area contributed by atoms with Crippen LogP contribution in [-0.4, -0.2) is 17.0 Å². The van der Waals surface area contributed by atoms with Gasteiger partial charge in [-0.15, -0.1) is 11.3 Å². The number of halogens is 1. The topological polar surface area (TPSA) is 64.4 Å². The zero-order valence-corrected chi connectivity index (χ0v) is 15.4. The zero-order valence-electron chi connectivity index (χ0n) is 13.8. The van der Waals surface area contributed by atoms with Gasteiger partial charge in [0, 0.05) is 4.88 Å². The lowest BCUT2D eigenvalue weighted by molar-refractivity contribution is -0.127. The molecule has 3 rings (SSSR count). The molecule has 0 aliphatic heterocycles. The molecular formula is C18H17ClN2O3S. The Morgan fingerprint density at radius 3 is 2.88 bits per heavy atom. The molecule has 2 aromatic heterocycles. The van der Waals surface area contributed by atoms with Crippen LogP contribution >= 0.6 is 22.9 Å². The molecule has 1 aromatic carbocycles. The fraction of sp³-hybridized carbons (Fsp3) is 0.222. The molecule has 3 aromatic rings. The van der Waals surface area contributed by atoms with E-state index in [2.05, 4.69) is 10.3 Å². The van der Waals surface area contributed by atoms with Crippen LogP contribution in [0.15, 0.2) is 47.1 Å². The van der Waals surface area contributed by atoms with E-state index in [1.807, 2.05) is 31.2 Å². The van der Waals surface area contributed by atoms with Crippen LogP contribution in [0.3, 0.4) is 0 Å². The molecule has 1 atom stereocenters. The highest BCUT2D eigenvalue weighted by atomic mass is 35.5. The number of rotatable bonds is 6. The molecule has 0 spiro atoms. The molecule has 5 nitrogen and oxygen atoms in total. The third-order valence-corrected chi connectivity index (χ3v) is 5.04. The Morgan fingerprint density at radius 2 is 2.16 bits per heavy atom. The van der Waals surface area contributed by atoms with Gasteiger partial charge >= 0.3 is 0 Å². The number of thiazole rings is 1. The predicted octanol–water partition coefficient (Wildman–Crippen LogP) is 4.45. The summed E-state index contributed by atoms with van der Waals surface area (Å²) in [7, 11) is 0. The van der Waals surface area contributed by atoms with E-state index in [0.717, 1.165) is 21.3 Å². The molecule has 0 saturated heterocycles. The fourth-order valence-corrected chi connectivity index (χ4v) is 3.34. The van der Waals surface area contributed by atoms with Crippen molar-refractivity contribution < 1.29 is 13.9 Å². The molecule has 25 heavy (non-hydrogen) atoms. The number of nitrogens with one attached hydrogen (secondary N) is 1. The van der Waals surface area contributed by atoms with Crippen LogP contribution < -0.4 is 10.1 Å². The van der Waals surface area contributed by atoms with Crippen LogP contribution in [0.4, 0.5) is 0 Å². The lowest BCUT2D eigenvalue weighted by Crippen LogP contribution is -2.35. The number of furan rings is 1. The number of nitrogens with zero attached hydrogens (tertiary/aromatic N) is 1. The number of ether oxygens (including phenoxy) is 1. The van der Waals surface area contributed by atoms with Gasteiger partial charge in [-0.25, -0.2) is 4.98 Å². The van der Waals surface area contributed by atoms with Crippen molar-refractivity contribution in [2.24, 2.45) is 0 Å². The van der Waals surface area contributed by atoms with Crippen LogP contribution in [0.1, 0.15) is 17.5 Å². The van der Waals surface area contributed by atoms with Crippen molar-refractivity contribution in [2.45, 2.75) is 26.5 Å². The Labute approximate surface area is 154 Å². The van der Waals surface area contributed by atoms with Gasteiger partial charge in [0.1, 0.15) is 5.75 Å². The van der Waals surface area contributed by atoms with Gasteiger partial charge in [-0.1, -0.05) is 23.7 Å². The number of aromatic nitrogens is 1. The quantitative estimate of drug-likeness (QED) is 0.690. The summed E-state index contributed by atoms with van der Waals surface area (Å²) in [6, 6.07) is 10.8. The molecule has 1 unspecified atom stereocenters. The average Bonchev–Trinajstić information content (AvgIpc) is 3.24. The molecular weight excluding hydrogens is 360 g/mol. The second kappa shape index (κ2) is 7.72. The highest BCUT2D eigenvalue weighted by Crippen LogP contribution is 2.28. The first-order chi connectivity index (χ1) is 12.0. The summed E-state index contributed by atoms with van der Waals surface area (Å²) in [5, 5.41) is 4.14. The molecule has 0 bridgehead atoms. The van der Waals surface area contributed by atoms with Gasteiger partial charge in [0.2, 0.25) is 0 Å². The fourth-order valence-electron chi connectivity index (χ4n) is 2.19. The normalized spacial score (nSPS) is 12.0. The van der Waals surface area contributed by atoms with Crippen LogP contribution in [-0.2, 0) is 11.3 Å². The van der Waals surface area contributed by atoms with Crippen molar-refractivity contribution in [3.05, 3.63) is 58.3 Å². The third-order valence-electron chi connectivity index (χ3n) is 3.56. The first kappa shape index (κ1) is 17.5. The maximum absolute atomic E-state index is 12.3. The van der Waals surface area contributed by atoms with Gasteiger partial charge in [-0.2, -0.15) is 0 Å². The highest BCUT2D eigenvalue weighted by molar-refractivity contribution is 7.15. The lowest BCUT2D eigenvalue weighted by atomic mass is 10.3. The Morgan fingerprint density at radius 1 is 1.36 bits per heavy atom. The molecule has 130 valence electrons. The second-order valence-electron chi connectivity index (χ2n) is 5.41. The first-order valence-corrected chi connectivity index (χ1v) is 8.93. The highest BCUT2D eigenvalue weighted by Gasteiger charge is 2.17. The number of aryl methyl sites for hydroxylation is 1. The van der Waals surface area contributed by atoms with Gasteiger partial charge in [0.15, 0.2) is 16.9 Å². The van der Waals surface area contributed by atoms with Crippen molar-refractivity contribution in [1.82, 2.24) is 10.3 Å². The monoisotopic (exact) mass is 376 g/mol. The summed E-state index contributed by atoms with van der Waals surface area (Å²) in [5.74, 6) is 0.995. The number of carbonyl (C=O) groups is 1. The second-order valence-corrected chi connectivity index (χ2v) is 6.90. The summed E-state index contributed by atoms with van der Waals surface area (Å²) >= 11 is 7.54. The molecule has 1 N–H and O–H groups in total. The summed E-state index contributed by atoms with van der Waals surface area (Å²) < 4.78 is 11.0. The SMILES string of the molecule is Cc1nc(-c2ccco2)sc1CNC(=O)C(C)Oc1ccccc1Cl. The van der Waals surface area contributed by atoms with E-state index in [1.165, 1.54) is 11.3 Å². The number of amides is 1. The van der Waals surface area contributed by atoms with Crippen molar-refractivity contribution in [2.75, 3.05) is 0 Å². The number of carbonyl (C=O) groups excluding carboxylic acids is 1. The molecule has 0 aliphatic carbocycles. The van der Waals surface area contributed by atoms with Crippen molar-refractivity contribution in [3.8, 4) is 16.5 Å². The maximum Gasteiger partial charge on any atom is 0.261 e. The Kier molecular flexibility index (Phi) is 5.40. The van der Waals surface area contributed by atoms with Gasteiger partial charge in [-0.05, 0) is 38.1 Å². The first-order valence-electron chi connectivity index (χ1n) is 7.73. The maximum atomic E-state index is 12.3. The minimum atomic E-state index is -0.655. The summed E-state index contributed by atoms with van der Waals surface area (Å²) in [6.45, 7) is 3.99. The number of para-hydroxylation sites is 1. The van der Waals surface area contributed by atoms with Crippen LogP contribution in [0, 0.1) is 6.92 Å². The van der Waals surface area contributed by atoms with Gasteiger partial charge in [-0.3, -0.25) is 4.79 Å². The molecule has 2 heterocycles. The van der Waals surface area contributed by atoms with Crippen molar-refractivity contribution in [1.29, 1.82) is 0 Å². The largest absolute Gasteiger partial charge is 0.479 e. The molecule has 0 radical (unpaired) electrons. The minimum absolute atomic E-state index is 0.215. The molecule has 7 heteroatoms. The molecule has 1 amide bonds. The number of hydrogen-bond donors (Lipinski definition) is 1. The van der Waals surface area contributed by atoms with Crippen LogP contribution in [0.5, 0.6) is 5.75 Å². The minimum Gasteiger partial charge on any atom is -0.479 e. The standard InChI is InChI=1S/C18H17ClN2O3S/c1-11-16(25-18(21-11)15-8-5-9-23-15)10-20-17(22)12(2)24-14-7-4-3-6-13(14)19/h3-9,12H,10H2,1-2H3,(H,20,22). The number of benzene rings is 1. The van der Waals surface area contributed by atoms with E-state index in [4.69, 9.17) is 20.8 Å². The summed E-state index contributed by atoms with van der Waals surface area (Å²) in [6.07, 6.45) is 0.957. The lowest BCUT2D eigenvalue weighted by Gasteiger charge is -2.15. The summed E-state index contributed by atoms with van der Waals surface area (Å²) in [5.41, 5.74) is 0.872. The van der Waals surface area contributed by atoms with E-state index in [-0.39, 0.29) is 5.91 Å². The predicted molar refractivity (Wildman–Crippen MR) is 97.9 cm³/mol. The van der Waals surface area contributed by atoms with Crippen molar-refractivity contribution >= 4 is 28.8 Å². The van der Waals surface area contributed by atoms with Gasteiger partial charge < -0.3 is 14.5 Å². The average molecular weight is 377 g/mol. The van der Waals surface area contributed by atoms with Gasteiger partial charge in [0.05, 0.1) is 23.5 Å².